The van der Waals surface area contributed by atoms with E-state index in [-0.39, 0.29) is 0 Å². The molecule has 0 saturated carbocycles. The van der Waals surface area contributed by atoms with Crippen molar-refractivity contribution in [3.63, 3.8) is 0 Å². The highest BCUT2D eigenvalue weighted by molar-refractivity contribution is 5.41. The molecule has 1 aromatic heterocycles. The Morgan fingerprint density at radius 2 is 1.86 bits per heavy atom. The van der Waals surface area contributed by atoms with Crippen LogP contribution in [-0.2, 0) is 0 Å². The topological polar surface area (TPSA) is 16.1 Å². The molecule has 0 bridgehead atoms. The second kappa shape index (κ2) is 4.45. The highest BCUT2D eigenvalue weighted by atomic mass is 15.2. The third-order valence-electron chi connectivity index (χ3n) is 2.57. The van der Waals surface area contributed by atoms with Crippen LogP contribution in [0.4, 0.5) is 5.82 Å². The molecule has 0 spiro atoms. The fraction of sp³-hybridized carbons (Fsp3) is 0.583. The van der Waals surface area contributed by atoms with Crippen molar-refractivity contribution in [2.24, 2.45) is 0 Å². The van der Waals surface area contributed by atoms with E-state index >= 15 is 0 Å². The zero-order chi connectivity index (χ0) is 10.7. The maximum absolute atomic E-state index is 4.37. The van der Waals surface area contributed by atoms with E-state index in [1.54, 1.807) is 0 Å². The Morgan fingerprint density at radius 3 is 2.36 bits per heavy atom. The number of pyridine rings is 1. The molecule has 0 saturated heterocycles. The van der Waals surface area contributed by atoms with Crippen molar-refractivity contribution in [2.75, 3.05) is 11.9 Å². The van der Waals surface area contributed by atoms with Gasteiger partial charge in [-0.1, -0.05) is 13.8 Å². The Balaban J connectivity index is 2.93. The molecule has 1 heterocycles. The van der Waals surface area contributed by atoms with Crippen molar-refractivity contribution >= 4 is 5.82 Å². The van der Waals surface area contributed by atoms with Gasteiger partial charge in [-0.2, -0.15) is 0 Å². The molecule has 0 aliphatic carbocycles. The highest BCUT2D eigenvalue weighted by Gasteiger charge is 2.07. The minimum absolute atomic E-state index is 0.491. The summed E-state index contributed by atoms with van der Waals surface area (Å²) in [5.74, 6) is 1.63. The smallest absolute Gasteiger partial charge is 0.128 e. The van der Waals surface area contributed by atoms with Gasteiger partial charge in [0.05, 0.1) is 0 Å². The molecule has 0 N–H and O–H groups in total. The fourth-order valence-corrected chi connectivity index (χ4v) is 1.25. The van der Waals surface area contributed by atoms with Crippen LogP contribution in [0, 0.1) is 0 Å². The van der Waals surface area contributed by atoms with Gasteiger partial charge in [-0.15, -0.1) is 0 Å². The number of aromatic nitrogens is 1. The maximum Gasteiger partial charge on any atom is 0.128 e. The number of hydrogen-bond donors (Lipinski definition) is 0. The van der Waals surface area contributed by atoms with Crippen molar-refractivity contribution in [1.82, 2.24) is 4.98 Å². The predicted molar refractivity (Wildman–Crippen MR) is 61.9 cm³/mol. The second-order valence-electron chi connectivity index (χ2n) is 4.31. The van der Waals surface area contributed by atoms with Gasteiger partial charge in [0.25, 0.3) is 0 Å². The SMILES string of the molecule is CC(C)c1ccnc(N(C)C(C)C)c1. The highest BCUT2D eigenvalue weighted by Crippen LogP contribution is 2.19. The summed E-state index contributed by atoms with van der Waals surface area (Å²) in [4.78, 5) is 6.56. The molecule has 14 heavy (non-hydrogen) atoms. The van der Waals surface area contributed by atoms with Crippen molar-refractivity contribution in [3.8, 4) is 0 Å². The first-order chi connectivity index (χ1) is 6.52. The first-order valence-electron chi connectivity index (χ1n) is 5.21. The molecule has 0 aromatic carbocycles. The summed E-state index contributed by atoms with van der Waals surface area (Å²) in [5.41, 5.74) is 1.35. The van der Waals surface area contributed by atoms with Crippen LogP contribution >= 0.6 is 0 Å². The first kappa shape index (κ1) is 11.0. The summed E-state index contributed by atoms with van der Waals surface area (Å²) in [6.45, 7) is 8.75. The molecule has 0 unspecified atom stereocenters. The van der Waals surface area contributed by atoms with Crippen LogP contribution < -0.4 is 4.90 Å². The van der Waals surface area contributed by atoms with Gasteiger partial charge in [-0.05, 0) is 37.5 Å². The minimum atomic E-state index is 0.491. The molecule has 1 aromatic rings. The van der Waals surface area contributed by atoms with E-state index in [2.05, 4.69) is 56.8 Å². The van der Waals surface area contributed by atoms with Crippen molar-refractivity contribution in [1.29, 1.82) is 0 Å². The van der Waals surface area contributed by atoms with Crippen LogP contribution in [0.2, 0.25) is 0 Å². The summed E-state index contributed by atoms with van der Waals surface area (Å²) in [6.07, 6.45) is 1.89. The Kier molecular flexibility index (Phi) is 3.50. The lowest BCUT2D eigenvalue weighted by molar-refractivity contribution is 0.740. The molecule has 1 rings (SSSR count). The normalized spacial score (nSPS) is 11.1. The number of hydrogen-bond acceptors (Lipinski definition) is 2. The lowest BCUT2D eigenvalue weighted by Gasteiger charge is -2.23. The number of nitrogens with zero attached hydrogens (tertiary/aromatic N) is 2. The van der Waals surface area contributed by atoms with Crippen LogP contribution in [0.25, 0.3) is 0 Å². The molecule has 0 aliphatic heterocycles. The average Bonchev–Trinajstić information content (AvgIpc) is 2.16. The van der Waals surface area contributed by atoms with E-state index in [0.717, 1.165) is 5.82 Å². The Labute approximate surface area is 87.0 Å². The Hall–Kier alpha value is -1.05. The van der Waals surface area contributed by atoms with Gasteiger partial charge in [0.2, 0.25) is 0 Å². The summed E-state index contributed by atoms with van der Waals surface area (Å²) >= 11 is 0. The Morgan fingerprint density at radius 1 is 1.21 bits per heavy atom. The lowest BCUT2D eigenvalue weighted by Crippen LogP contribution is -2.26. The quantitative estimate of drug-likeness (QED) is 0.731. The van der Waals surface area contributed by atoms with Crippen LogP contribution in [-0.4, -0.2) is 18.1 Å². The van der Waals surface area contributed by atoms with E-state index in [1.807, 2.05) is 6.20 Å². The van der Waals surface area contributed by atoms with Crippen molar-refractivity contribution in [2.45, 2.75) is 39.7 Å². The van der Waals surface area contributed by atoms with Gasteiger partial charge >= 0.3 is 0 Å². The van der Waals surface area contributed by atoms with Crippen LogP contribution in [0.5, 0.6) is 0 Å². The van der Waals surface area contributed by atoms with Crippen LogP contribution in [0.3, 0.4) is 0 Å². The number of anilines is 1. The standard InChI is InChI=1S/C12H20N2/c1-9(2)11-6-7-13-12(8-11)14(5)10(3)4/h6-10H,1-5H3. The minimum Gasteiger partial charge on any atom is -0.357 e. The van der Waals surface area contributed by atoms with Gasteiger partial charge in [-0.3, -0.25) is 0 Å². The first-order valence-corrected chi connectivity index (χ1v) is 5.21. The summed E-state index contributed by atoms with van der Waals surface area (Å²) in [5, 5.41) is 0. The van der Waals surface area contributed by atoms with E-state index in [1.165, 1.54) is 5.56 Å². The number of rotatable bonds is 3. The molecule has 0 atom stereocenters. The monoisotopic (exact) mass is 192 g/mol. The van der Waals surface area contributed by atoms with Gasteiger partial charge in [0.15, 0.2) is 0 Å². The zero-order valence-electron chi connectivity index (χ0n) is 9.78. The average molecular weight is 192 g/mol. The molecule has 0 fully saturated rings. The van der Waals surface area contributed by atoms with Crippen molar-refractivity contribution in [3.05, 3.63) is 23.9 Å². The molecular formula is C12H20N2. The molecule has 0 aliphatic rings. The van der Waals surface area contributed by atoms with Crippen LogP contribution in [0.1, 0.15) is 39.2 Å². The maximum atomic E-state index is 4.37. The Bertz CT molecular complexity index is 292. The van der Waals surface area contributed by atoms with Crippen molar-refractivity contribution < 1.29 is 0 Å². The second-order valence-corrected chi connectivity index (χ2v) is 4.31. The van der Waals surface area contributed by atoms with Crippen LogP contribution in [0.15, 0.2) is 18.3 Å². The van der Waals surface area contributed by atoms with Gasteiger partial charge < -0.3 is 4.90 Å². The van der Waals surface area contributed by atoms with E-state index < -0.39 is 0 Å². The largest absolute Gasteiger partial charge is 0.357 e. The molecule has 78 valence electrons. The van der Waals surface area contributed by atoms with Gasteiger partial charge in [0.1, 0.15) is 5.82 Å². The fourth-order valence-electron chi connectivity index (χ4n) is 1.25. The molecule has 0 amide bonds. The van der Waals surface area contributed by atoms with Gasteiger partial charge in [-0.25, -0.2) is 4.98 Å². The molecule has 2 nitrogen and oxygen atoms in total. The molecular weight excluding hydrogens is 172 g/mol. The summed E-state index contributed by atoms with van der Waals surface area (Å²) in [6, 6.07) is 4.75. The van der Waals surface area contributed by atoms with E-state index in [4.69, 9.17) is 0 Å². The zero-order valence-corrected chi connectivity index (χ0v) is 9.78. The summed E-state index contributed by atoms with van der Waals surface area (Å²) in [7, 11) is 2.08. The van der Waals surface area contributed by atoms with E-state index in [0.29, 0.717) is 12.0 Å². The third-order valence-corrected chi connectivity index (χ3v) is 2.57. The third kappa shape index (κ3) is 2.47. The molecule has 2 heteroatoms. The van der Waals surface area contributed by atoms with E-state index in [9.17, 15) is 0 Å². The lowest BCUT2D eigenvalue weighted by atomic mass is 10.1. The summed E-state index contributed by atoms with van der Waals surface area (Å²) < 4.78 is 0. The van der Waals surface area contributed by atoms with Gasteiger partial charge in [0, 0.05) is 19.3 Å². The molecule has 0 radical (unpaired) electrons. The predicted octanol–water partition coefficient (Wildman–Crippen LogP) is 3.05.